The average Bonchev–Trinajstić information content (AvgIpc) is 3.77. The molecule has 0 spiro atoms. The summed E-state index contributed by atoms with van der Waals surface area (Å²) in [5.41, 5.74) is -0.341. The minimum absolute atomic E-state index is 0.0155. The van der Waals surface area contributed by atoms with Gasteiger partial charge in [0.25, 0.3) is 0 Å². The van der Waals surface area contributed by atoms with E-state index in [4.69, 9.17) is 4.74 Å². The normalized spacial score (nSPS) is 22.6. The summed E-state index contributed by atoms with van der Waals surface area (Å²) in [6.07, 6.45) is -3.48. The van der Waals surface area contributed by atoms with Crippen LogP contribution in [0.4, 0.5) is 26.3 Å². The van der Waals surface area contributed by atoms with Gasteiger partial charge in [-0.15, -0.1) is 0 Å². The molecule has 0 radical (unpaired) electrons. The third-order valence-electron chi connectivity index (χ3n) is 9.49. The quantitative estimate of drug-likeness (QED) is 0.310. The Balaban J connectivity index is 1.22. The average molecular weight is 598 g/mol. The molecule has 10 heteroatoms. The number of nitrogens with zero attached hydrogens (tertiary/aromatic N) is 1. The first kappa shape index (κ1) is 30.7. The SMILES string of the molecule is CC(C(=O)O)C(c1ccc2c(c1)OC(CC1CCN(C(C)c3cc(C(F)(F)F)ccc3C(F)(F)F)CC1)CC2)C1CC1. The standard InChI is InChI=1S/C32H37F6NO3/c1-18(30(40)41)29(22-4-5-22)23-6-3-21-7-9-25(42-28(21)16-23)15-20-11-13-39(14-12-20)19(2)26-17-24(31(33,34)35)8-10-27(26)32(36,37)38/h3,6,8,10,16-20,22,25,29H,4-5,7,9,11-15H2,1-2H3,(H,40,41). The molecule has 0 amide bonds. The van der Waals surface area contributed by atoms with Crippen molar-refractivity contribution in [3.63, 3.8) is 0 Å². The van der Waals surface area contributed by atoms with Crippen molar-refractivity contribution in [3.8, 4) is 5.75 Å². The molecule has 0 aromatic heterocycles. The summed E-state index contributed by atoms with van der Waals surface area (Å²) in [5, 5.41) is 9.63. The van der Waals surface area contributed by atoms with Gasteiger partial charge in [0.1, 0.15) is 5.75 Å². The zero-order valence-electron chi connectivity index (χ0n) is 23.8. The van der Waals surface area contributed by atoms with E-state index in [0.717, 1.165) is 61.8 Å². The lowest BCUT2D eigenvalue weighted by atomic mass is 9.82. The number of piperidine rings is 1. The van der Waals surface area contributed by atoms with Crippen LogP contribution in [0, 0.1) is 17.8 Å². The Hall–Kier alpha value is -2.75. The maximum Gasteiger partial charge on any atom is 0.416 e. The zero-order valence-corrected chi connectivity index (χ0v) is 23.8. The third kappa shape index (κ3) is 6.74. The topological polar surface area (TPSA) is 49.8 Å². The minimum atomic E-state index is -4.75. The summed E-state index contributed by atoms with van der Waals surface area (Å²) >= 11 is 0. The molecule has 1 saturated carbocycles. The molecule has 1 N–H and O–H groups in total. The largest absolute Gasteiger partial charge is 0.490 e. The number of aliphatic carboxylic acids is 1. The van der Waals surface area contributed by atoms with E-state index in [1.807, 2.05) is 23.1 Å². The second-order valence-corrected chi connectivity index (χ2v) is 12.3. The van der Waals surface area contributed by atoms with Crippen LogP contribution >= 0.6 is 0 Å². The van der Waals surface area contributed by atoms with Crippen molar-refractivity contribution >= 4 is 5.97 Å². The van der Waals surface area contributed by atoms with E-state index in [0.29, 0.717) is 37.2 Å². The molecule has 2 aromatic carbocycles. The number of hydrogen-bond donors (Lipinski definition) is 1. The van der Waals surface area contributed by atoms with Gasteiger partial charge in [-0.3, -0.25) is 9.69 Å². The number of halogens is 6. The predicted octanol–water partition coefficient (Wildman–Crippen LogP) is 8.50. The maximum absolute atomic E-state index is 13.7. The predicted molar refractivity (Wildman–Crippen MR) is 145 cm³/mol. The molecule has 4 atom stereocenters. The minimum Gasteiger partial charge on any atom is -0.490 e. The molecule has 1 aliphatic carbocycles. The van der Waals surface area contributed by atoms with Gasteiger partial charge in [-0.25, -0.2) is 0 Å². The molecule has 4 nitrogen and oxygen atoms in total. The molecular formula is C32H37F6NO3. The van der Waals surface area contributed by atoms with Gasteiger partial charge < -0.3 is 9.84 Å². The first-order valence-corrected chi connectivity index (χ1v) is 14.8. The number of aryl methyl sites for hydroxylation is 1. The maximum atomic E-state index is 13.7. The highest BCUT2D eigenvalue weighted by molar-refractivity contribution is 5.71. The first-order chi connectivity index (χ1) is 19.7. The number of rotatable bonds is 8. The van der Waals surface area contributed by atoms with E-state index in [1.54, 1.807) is 13.8 Å². The summed E-state index contributed by atoms with van der Waals surface area (Å²) in [4.78, 5) is 13.6. The number of ether oxygens (including phenoxy) is 1. The first-order valence-electron chi connectivity index (χ1n) is 14.8. The summed E-state index contributed by atoms with van der Waals surface area (Å²) in [7, 11) is 0. The second-order valence-electron chi connectivity index (χ2n) is 12.3. The van der Waals surface area contributed by atoms with Crippen LogP contribution in [0.25, 0.3) is 0 Å². The number of likely N-dealkylation sites (tertiary alicyclic amines) is 1. The Labute approximate surface area is 242 Å². The zero-order chi connectivity index (χ0) is 30.4. The van der Waals surface area contributed by atoms with Crippen molar-refractivity contribution in [1.82, 2.24) is 4.90 Å². The molecular weight excluding hydrogens is 560 g/mol. The molecule has 2 heterocycles. The molecule has 42 heavy (non-hydrogen) atoms. The fraction of sp³-hybridized carbons (Fsp3) is 0.594. The lowest BCUT2D eigenvalue weighted by molar-refractivity contribution is -0.142. The number of carboxylic acid groups (broad SMARTS) is 1. The molecule has 1 saturated heterocycles. The Morgan fingerprint density at radius 2 is 1.64 bits per heavy atom. The van der Waals surface area contributed by atoms with Gasteiger partial charge in [0, 0.05) is 6.04 Å². The second kappa shape index (κ2) is 11.7. The number of alkyl halides is 6. The molecule has 2 aromatic rings. The lowest BCUT2D eigenvalue weighted by Crippen LogP contribution is -2.38. The van der Waals surface area contributed by atoms with Crippen LogP contribution in [0.2, 0.25) is 0 Å². The van der Waals surface area contributed by atoms with Crippen molar-refractivity contribution in [2.24, 2.45) is 17.8 Å². The van der Waals surface area contributed by atoms with Gasteiger partial charge in [-0.2, -0.15) is 26.3 Å². The molecule has 2 aliphatic heterocycles. The molecule has 230 valence electrons. The van der Waals surface area contributed by atoms with Crippen LogP contribution in [-0.2, 0) is 23.6 Å². The van der Waals surface area contributed by atoms with Crippen molar-refractivity contribution in [2.45, 2.75) is 89.2 Å². The van der Waals surface area contributed by atoms with E-state index >= 15 is 0 Å². The van der Waals surface area contributed by atoms with Gasteiger partial charge in [0.05, 0.1) is 23.1 Å². The number of carbonyl (C=O) groups is 1. The van der Waals surface area contributed by atoms with Crippen molar-refractivity contribution in [3.05, 3.63) is 64.2 Å². The van der Waals surface area contributed by atoms with Gasteiger partial charge in [-0.05, 0) is 124 Å². The number of benzene rings is 2. The van der Waals surface area contributed by atoms with Crippen LogP contribution in [0.15, 0.2) is 36.4 Å². The molecule has 2 fully saturated rings. The summed E-state index contributed by atoms with van der Waals surface area (Å²) < 4.78 is 87.4. The Bertz CT molecular complexity index is 1280. The van der Waals surface area contributed by atoms with Crippen molar-refractivity contribution < 1.29 is 41.0 Å². The number of fused-ring (bicyclic) bond motifs is 1. The van der Waals surface area contributed by atoms with Crippen LogP contribution in [0.3, 0.4) is 0 Å². The van der Waals surface area contributed by atoms with E-state index in [1.165, 1.54) is 0 Å². The Kier molecular flexibility index (Phi) is 8.58. The fourth-order valence-electron chi connectivity index (χ4n) is 6.88. The highest BCUT2D eigenvalue weighted by Gasteiger charge is 2.41. The van der Waals surface area contributed by atoms with Crippen LogP contribution in [0.1, 0.15) is 92.1 Å². The van der Waals surface area contributed by atoms with E-state index in [2.05, 4.69) is 0 Å². The molecule has 3 aliphatic rings. The highest BCUT2D eigenvalue weighted by Crippen LogP contribution is 2.48. The molecule has 4 unspecified atom stereocenters. The van der Waals surface area contributed by atoms with Crippen molar-refractivity contribution in [2.75, 3.05) is 13.1 Å². The van der Waals surface area contributed by atoms with Gasteiger partial charge in [0.15, 0.2) is 0 Å². The van der Waals surface area contributed by atoms with Crippen LogP contribution in [-0.4, -0.2) is 35.2 Å². The van der Waals surface area contributed by atoms with E-state index in [9.17, 15) is 36.2 Å². The highest BCUT2D eigenvalue weighted by atomic mass is 19.4. The van der Waals surface area contributed by atoms with Crippen molar-refractivity contribution in [1.29, 1.82) is 0 Å². The van der Waals surface area contributed by atoms with E-state index in [-0.39, 0.29) is 23.5 Å². The summed E-state index contributed by atoms with van der Waals surface area (Å²) in [6, 6.07) is 6.97. The molecule has 0 bridgehead atoms. The van der Waals surface area contributed by atoms with E-state index < -0.39 is 41.4 Å². The van der Waals surface area contributed by atoms with Gasteiger partial charge >= 0.3 is 18.3 Å². The number of hydrogen-bond acceptors (Lipinski definition) is 3. The van der Waals surface area contributed by atoms with Crippen LogP contribution in [0.5, 0.6) is 5.75 Å². The Morgan fingerprint density at radius 1 is 0.952 bits per heavy atom. The van der Waals surface area contributed by atoms with Crippen LogP contribution < -0.4 is 4.74 Å². The smallest absolute Gasteiger partial charge is 0.416 e. The lowest BCUT2D eigenvalue weighted by Gasteiger charge is -2.38. The number of carboxylic acids is 1. The molecule has 5 rings (SSSR count). The fourth-order valence-corrected chi connectivity index (χ4v) is 6.88. The van der Waals surface area contributed by atoms with Gasteiger partial charge in [-0.1, -0.05) is 19.1 Å². The monoisotopic (exact) mass is 597 g/mol. The summed E-state index contributed by atoms with van der Waals surface area (Å²) in [6.45, 7) is 4.29. The Morgan fingerprint density at radius 3 is 2.24 bits per heavy atom. The van der Waals surface area contributed by atoms with Gasteiger partial charge in [0.2, 0.25) is 0 Å². The summed E-state index contributed by atoms with van der Waals surface area (Å²) in [5.74, 6) is 0.153. The third-order valence-corrected chi connectivity index (χ3v) is 9.49.